The first-order valence-corrected chi connectivity index (χ1v) is 10.1. The maximum Gasteiger partial charge on any atom is 0.341 e. The highest BCUT2D eigenvalue weighted by Crippen LogP contribution is 2.40. The molecule has 1 amide bonds. The van der Waals surface area contributed by atoms with E-state index < -0.39 is 0 Å². The Labute approximate surface area is 163 Å². The van der Waals surface area contributed by atoms with E-state index in [-0.39, 0.29) is 11.9 Å². The second-order valence-corrected chi connectivity index (χ2v) is 7.97. The van der Waals surface area contributed by atoms with Gasteiger partial charge in [0.1, 0.15) is 10.8 Å². The van der Waals surface area contributed by atoms with Crippen LogP contribution >= 0.6 is 11.3 Å². The number of carbonyl (C=O) groups is 2. The monoisotopic (exact) mass is 387 g/mol. The molecule has 0 fully saturated rings. The minimum atomic E-state index is -0.371. The SMILES string of the molecule is COC(=O)c1c(NC(=O)CCCOc2ccccc2)sc2c1CC[C@@H](C)C2. The van der Waals surface area contributed by atoms with Gasteiger partial charge in [0.25, 0.3) is 0 Å². The molecular formula is C21H25NO4S. The normalized spacial score (nSPS) is 15.7. The Kier molecular flexibility index (Phi) is 6.50. The largest absolute Gasteiger partial charge is 0.494 e. The zero-order valence-electron chi connectivity index (χ0n) is 15.7. The fraction of sp³-hybridized carbons (Fsp3) is 0.429. The van der Waals surface area contributed by atoms with E-state index in [1.54, 1.807) is 0 Å². The molecule has 5 nitrogen and oxygen atoms in total. The van der Waals surface area contributed by atoms with E-state index in [9.17, 15) is 9.59 Å². The highest BCUT2D eigenvalue weighted by atomic mass is 32.1. The molecule has 6 heteroatoms. The summed E-state index contributed by atoms with van der Waals surface area (Å²) in [5, 5.41) is 3.54. The lowest BCUT2D eigenvalue weighted by molar-refractivity contribution is -0.116. The van der Waals surface area contributed by atoms with Crippen molar-refractivity contribution in [2.24, 2.45) is 5.92 Å². The summed E-state index contributed by atoms with van der Waals surface area (Å²) in [4.78, 5) is 25.8. The van der Waals surface area contributed by atoms with E-state index in [0.717, 1.165) is 30.6 Å². The Hall–Kier alpha value is -2.34. The minimum Gasteiger partial charge on any atom is -0.494 e. The van der Waals surface area contributed by atoms with E-state index >= 15 is 0 Å². The first-order chi connectivity index (χ1) is 13.1. The average molecular weight is 388 g/mol. The van der Waals surface area contributed by atoms with Gasteiger partial charge in [0, 0.05) is 11.3 Å². The Morgan fingerprint density at radius 1 is 1.26 bits per heavy atom. The number of anilines is 1. The molecule has 0 bridgehead atoms. The van der Waals surface area contributed by atoms with Crippen LogP contribution in [0.4, 0.5) is 5.00 Å². The zero-order valence-corrected chi connectivity index (χ0v) is 16.6. The third kappa shape index (κ3) is 4.89. The van der Waals surface area contributed by atoms with Crippen molar-refractivity contribution < 1.29 is 19.1 Å². The third-order valence-corrected chi connectivity index (χ3v) is 5.88. The quantitative estimate of drug-likeness (QED) is 0.563. The lowest BCUT2D eigenvalue weighted by Gasteiger charge is -2.18. The van der Waals surface area contributed by atoms with Crippen molar-refractivity contribution in [1.29, 1.82) is 0 Å². The number of benzene rings is 1. The second-order valence-electron chi connectivity index (χ2n) is 6.86. The van der Waals surface area contributed by atoms with E-state index in [0.29, 0.717) is 35.9 Å². The van der Waals surface area contributed by atoms with Gasteiger partial charge in [0.15, 0.2) is 0 Å². The Morgan fingerprint density at radius 2 is 2.04 bits per heavy atom. The highest BCUT2D eigenvalue weighted by Gasteiger charge is 2.28. The number of nitrogens with one attached hydrogen (secondary N) is 1. The highest BCUT2D eigenvalue weighted by molar-refractivity contribution is 7.17. The van der Waals surface area contributed by atoms with Gasteiger partial charge in [0.2, 0.25) is 5.91 Å². The fourth-order valence-electron chi connectivity index (χ4n) is 3.29. The summed E-state index contributed by atoms with van der Waals surface area (Å²) in [5.41, 5.74) is 1.59. The lowest BCUT2D eigenvalue weighted by atomic mass is 9.88. The number of methoxy groups -OCH3 is 1. The van der Waals surface area contributed by atoms with Crippen LogP contribution in [0.3, 0.4) is 0 Å². The van der Waals surface area contributed by atoms with Crippen molar-refractivity contribution in [1.82, 2.24) is 0 Å². The van der Waals surface area contributed by atoms with Gasteiger partial charge >= 0.3 is 5.97 Å². The van der Waals surface area contributed by atoms with Gasteiger partial charge in [-0.3, -0.25) is 4.79 Å². The molecule has 0 radical (unpaired) electrons. The van der Waals surface area contributed by atoms with Crippen LogP contribution in [0.15, 0.2) is 30.3 Å². The number of fused-ring (bicyclic) bond motifs is 1. The van der Waals surface area contributed by atoms with Crippen LogP contribution in [-0.2, 0) is 22.4 Å². The molecule has 1 N–H and O–H groups in total. The number of thiophene rings is 1. The van der Waals surface area contributed by atoms with Crippen LogP contribution in [0.5, 0.6) is 5.75 Å². The molecule has 2 aromatic rings. The van der Waals surface area contributed by atoms with Crippen LogP contribution < -0.4 is 10.1 Å². The molecule has 1 atom stereocenters. The van der Waals surface area contributed by atoms with E-state index in [1.165, 1.54) is 23.3 Å². The van der Waals surface area contributed by atoms with Crippen LogP contribution in [0.25, 0.3) is 0 Å². The number of hydrogen-bond acceptors (Lipinski definition) is 5. The Morgan fingerprint density at radius 3 is 2.78 bits per heavy atom. The molecule has 0 aliphatic heterocycles. The maximum absolute atomic E-state index is 12.4. The van der Waals surface area contributed by atoms with E-state index in [2.05, 4.69) is 12.2 Å². The minimum absolute atomic E-state index is 0.108. The summed E-state index contributed by atoms with van der Waals surface area (Å²) in [5.74, 6) is 0.916. The van der Waals surface area contributed by atoms with Gasteiger partial charge < -0.3 is 14.8 Å². The lowest BCUT2D eigenvalue weighted by Crippen LogP contribution is -2.16. The summed E-state index contributed by atoms with van der Waals surface area (Å²) in [6.07, 6.45) is 3.81. The van der Waals surface area contributed by atoms with E-state index in [1.807, 2.05) is 30.3 Å². The number of para-hydroxylation sites is 1. The van der Waals surface area contributed by atoms with Gasteiger partial charge in [-0.1, -0.05) is 25.1 Å². The third-order valence-electron chi connectivity index (χ3n) is 4.71. The standard InChI is InChI=1S/C21H25NO4S/c1-14-10-11-16-17(13-14)27-20(19(16)21(24)25-2)22-18(23)9-6-12-26-15-7-4-3-5-8-15/h3-5,7-8,14H,6,9-13H2,1-2H3,(H,22,23)/t14-/m1/s1. The molecule has 1 aliphatic rings. The molecule has 1 heterocycles. The van der Waals surface area contributed by atoms with Gasteiger partial charge in [0.05, 0.1) is 19.3 Å². The van der Waals surface area contributed by atoms with Crippen molar-refractivity contribution in [2.75, 3.05) is 19.0 Å². The molecule has 144 valence electrons. The van der Waals surface area contributed by atoms with Gasteiger partial charge in [-0.25, -0.2) is 4.79 Å². The predicted molar refractivity (Wildman–Crippen MR) is 107 cm³/mol. The number of amides is 1. The molecule has 1 aromatic heterocycles. The molecule has 1 aliphatic carbocycles. The van der Waals surface area contributed by atoms with Crippen molar-refractivity contribution in [3.8, 4) is 5.75 Å². The van der Waals surface area contributed by atoms with Crippen LogP contribution in [-0.4, -0.2) is 25.6 Å². The maximum atomic E-state index is 12.4. The summed E-state index contributed by atoms with van der Waals surface area (Å²) in [6.45, 7) is 2.69. The number of ether oxygens (including phenoxy) is 2. The van der Waals surface area contributed by atoms with Crippen LogP contribution in [0, 0.1) is 5.92 Å². The second kappa shape index (κ2) is 9.04. The summed E-state index contributed by atoms with van der Waals surface area (Å²) in [7, 11) is 1.38. The zero-order chi connectivity index (χ0) is 19.2. The molecule has 3 rings (SSSR count). The number of esters is 1. The molecule has 27 heavy (non-hydrogen) atoms. The topological polar surface area (TPSA) is 64.6 Å². The molecule has 0 saturated heterocycles. The average Bonchev–Trinajstić information content (AvgIpc) is 3.02. The number of carbonyl (C=O) groups excluding carboxylic acids is 2. The molecule has 0 spiro atoms. The van der Waals surface area contributed by atoms with E-state index in [4.69, 9.17) is 9.47 Å². The Balaban J connectivity index is 1.59. The Bertz CT molecular complexity index is 800. The van der Waals surface area contributed by atoms with Crippen molar-refractivity contribution in [2.45, 2.75) is 39.0 Å². The molecule has 1 aromatic carbocycles. The first-order valence-electron chi connectivity index (χ1n) is 9.29. The molecule has 0 saturated carbocycles. The first kappa shape index (κ1) is 19.4. The van der Waals surface area contributed by atoms with Crippen molar-refractivity contribution in [3.63, 3.8) is 0 Å². The van der Waals surface area contributed by atoms with Crippen molar-refractivity contribution >= 4 is 28.2 Å². The van der Waals surface area contributed by atoms with Crippen LogP contribution in [0.1, 0.15) is 47.0 Å². The smallest absolute Gasteiger partial charge is 0.341 e. The number of hydrogen-bond donors (Lipinski definition) is 1. The number of rotatable bonds is 7. The predicted octanol–water partition coefficient (Wildman–Crippen LogP) is 4.46. The van der Waals surface area contributed by atoms with Crippen molar-refractivity contribution in [3.05, 3.63) is 46.3 Å². The summed E-state index contributed by atoms with van der Waals surface area (Å²) >= 11 is 1.51. The fourth-order valence-corrected chi connectivity index (χ4v) is 4.70. The summed E-state index contributed by atoms with van der Waals surface area (Å²) in [6, 6.07) is 9.53. The molecular weight excluding hydrogens is 362 g/mol. The molecule has 0 unspecified atom stereocenters. The van der Waals surface area contributed by atoms with Gasteiger partial charge in [-0.05, 0) is 49.3 Å². The van der Waals surface area contributed by atoms with Gasteiger partial charge in [-0.15, -0.1) is 11.3 Å². The van der Waals surface area contributed by atoms with Gasteiger partial charge in [-0.2, -0.15) is 0 Å². The summed E-state index contributed by atoms with van der Waals surface area (Å²) < 4.78 is 10.6. The van der Waals surface area contributed by atoms with Crippen LogP contribution in [0.2, 0.25) is 0 Å².